The summed E-state index contributed by atoms with van der Waals surface area (Å²) in [5.74, 6) is 0.00625. The van der Waals surface area contributed by atoms with Crippen LogP contribution in [0.3, 0.4) is 0 Å². The summed E-state index contributed by atoms with van der Waals surface area (Å²) in [5.41, 5.74) is 3.50. The topological polar surface area (TPSA) is 76.8 Å². The summed E-state index contributed by atoms with van der Waals surface area (Å²) in [4.78, 5) is 10.0. The average Bonchev–Trinajstić information content (AvgIpc) is 2.49. The molecule has 0 aliphatic heterocycles. The number of benzene rings is 2. The number of para-hydroxylation sites is 1. The number of nitro benzene ring substituents is 1. The first-order valence-corrected chi connectivity index (χ1v) is 6.13. The van der Waals surface area contributed by atoms with Crippen LogP contribution in [0.25, 0.3) is 0 Å². The number of hydrogen-bond donors (Lipinski definition) is 1. The van der Waals surface area contributed by atoms with Crippen molar-refractivity contribution in [1.82, 2.24) is 0 Å². The van der Waals surface area contributed by atoms with E-state index < -0.39 is 11.5 Å². The first-order chi connectivity index (χ1) is 10.6. The van der Waals surface area contributed by atoms with Gasteiger partial charge < -0.3 is 4.74 Å². The van der Waals surface area contributed by atoms with Gasteiger partial charge in [-0.2, -0.15) is 13.9 Å². The van der Waals surface area contributed by atoms with E-state index in [2.05, 4.69) is 15.3 Å². The number of nitro groups is 1. The van der Waals surface area contributed by atoms with Crippen molar-refractivity contribution in [3.8, 4) is 5.75 Å². The summed E-state index contributed by atoms with van der Waals surface area (Å²) < 4.78 is 28.9. The highest BCUT2D eigenvalue weighted by molar-refractivity contribution is 5.84. The molecule has 2 rings (SSSR count). The molecule has 0 aliphatic rings. The average molecular weight is 307 g/mol. The fraction of sp³-hybridized carbons (Fsp3) is 0.0714. The molecule has 0 radical (unpaired) electrons. The molecule has 114 valence electrons. The molecule has 1 N–H and O–H groups in total. The second kappa shape index (κ2) is 7.11. The quantitative estimate of drug-likeness (QED) is 0.502. The number of nitrogens with zero attached hydrogens (tertiary/aromatic N) is 2. The fourth-order valence-corrected chi connectivity index (χ4v) is 1.62. The third-order valence-electron chi connectivity index (χ3n) is 2.61. The lowest BCUT2D eigenvalue weighted by atomic mass is 10.2. The number of hydrazone groups is 1. The van der Waals surface area contributed by atoms with E-state index in [4.69, 9.17) is 0 Å². The van der Waals surface area contributed by atoms with Crippen molar-refractivity contribution in [1.29, 1.82) is 0 Å². The highest BCUT2D eigenvalue weighted by atomic mass is 19.3. The zero-order chi connectivity index (χ0) is 15.9. The molecular formula is C14H11F2N3O3. The van der Waals surface area contributed by atoms with Crippen LogP contribution in [-0.4, -0.2) is 17.7 Å². The first-order valence-electron chi connectivity index (χ1n) is 6.13. The summed E-state index contributed by atoms with van der Waals surface area (Å²) >= 11 is 0. The number of rotatable bonds is 6. The minimum atomic E-state index is -2.92. The molecule has 0 aromatic heterocycles. The Morgan fingerprint density at radius 2 is 1.86 bits per heavy atom. The van der Waals surface area contributed by atoms with E-state index in [-0.39, 0.29) is 11.4 Å². The Hall–Kier alpha value is -3.03. The van der Waals surface area contributed by atoms with Gasteiger partial charge in [0.05, 0.1) is 16.8 Å². The van der Waals surface area contributed by atoms with Crippen LogP contribution in [0, 0.1) is 10.1 Å². The smallest absolute Gasteiger partial charge is 0.387 e. The van der Waals surface area contributed by atoms with Crippen LogP contribution >= 0.6 is 0 Å². The second-order valence-electron chi connectivity index (χ2n) is 4.09. The molecule has 0 atom stereocenters. The largest absolute Gasteiger partial charge is 0.434 e. The van der Waals surface area contributed by atoms with Crippen LogP contribution in [0.15, 0.2) is 53.6 Å². The molecule has 0 unspecified atom stereocenters. The molecule has 0 aliphatic carbocycles. The van der Waals surface area contributed by atoms with Gasteiger partial charge >= 0.3 is 6.61 Å². The lowest BCUT2D eigenvalue weighted by Gasteiger charge is -2.07. The minimum Gasteiger partial charge on any atom is -0.434 e. The van der Waals surface area contributed by atoms with Crippen molar-refractivity contribution in [3.63, 3.8) is 0 Å². The van der Waals surface area contributed by atoms with Crippen LogP contribution in [-0.2, 0) is 0 Å². The van der Waals surface area contributed by atoms with E-state index in [1.54, 1.807) is 18.2 Å². The van der Waals surface area contributed by atoms with Gasteiger partial charge in [-0.05, 0) is 24.3 Å². The number of halogens is 2. The van der Waals surface area contributed by atoms with Crippen LogP contribution < -0.4 is 10.2 Å². The standard InChI is InChI=1S/C14H11F2N3O3/c15-14(16)22-13-4-2-1-3-10(13)9-17-18-11-5-7-12(8-6-11)19(20)21/h1-9,14,18H/b17-9+. The van der Waals surface area contributed by atoms with Crippen LogP contribution in [0.1, 0.15) is 5.56 Å². The summed E-state index contributed by atoms with van der Waals surface area (Å²) in [6.45, 7) is -2.92. The Morgan fingerprint density at radius 1 is 1.18 bits per heavy atom. The van der Waals surface area contributed by atoms with Crippen molar-refractivity contribution in [2.45, 2.75) is 6.61 Å². The van der Waals surface area contributed by atoms with Crippen molar-refractivity contribution in [3.05, 3.63) is 64.2 Å². The Kier molecular flexibility index (Phi) is 4.97. The highest BCUT2D eigenvalue weighted by Crippen LogP contribution is 2.19. The van der Waals surface area contributed by atoms with Gasteiger partial charge in [-0.1, -0.05) is 12.1 Å². The van der Waals surface area contributed by atoms with Gasteiger partial charge in [-0.25, -0.2) is 0 Å². The second-order valence-corrected chi connectivity index (χ2v) is 4.09. The number of hydrogen-bond acceptors (Lipinski definition) is 5. The van der Waals surface area contributed by atoms with Gasteiger partial charge in [-0.3, -0.25) is 15.5 Å². The van der Waals surface area contributed by atoms with Crippen molar-refractivity contribution in [2.24, 2.45) is 5.10 Å². The van der Waals surface area contributed by atoms with Gasteiger partial charge in [0.1, 0.15) is 5.75 Å². The Balaban J connectivity index is 2.05. The summed E-state index contributed by atoms with van der Waals surface area (Å²) in [7, 11) is 0. The van der Waals surface area contributed by atoms with E-state index >= 15 is 0 Å². The molecular weight excluding hydrogens is 296 g/mol. The zero-order valence-electron chi connectivity index (χ0n) is 11.1. The third-order valence-corrected chi connectivity index (χ3v) is 2.61. The monoisotopic (exact) mass is 307 g/mol. The first kappa shape index (κ1) is 15.4. The molecule has 0 heterocycles. The van der Waals surface area contributed by atoms with Gasteiger partial charge in [-0.15, -0.1) is 0 Å². The van der Waals surface area contributed by atoms with Crippen molar-refractivity contribution < 1.29 is 18.4 Å². The normalized spacial score (nSPS) is 10.9. The number of anilines is 1. The Bertz CT molecular complexity index is 675. The maximum atomic E-state index is 12.3. The van der Waals surface area contributed by atoms with Crippen molar-refractivity contribution in [2.75, 3.05) is 5.43 Å². The van der Waals surface area contributed by atoms with E-state index in [1.165, 1.54) is 36.5 Å². The molecule has 22 heavy (non-hydrogen) atoms. The maximum absolute atomic E-state index is 12.3. The van der Waals surface area contributed by atoms with Crippen molar-refractivity contribution >= 4 is 17.6 Å². The van der Waals surface area contributed by atoms with E-state index in [9.17, 15) is 18.9 Å². The molecule has 6 nitrogen and oxygen atoms in total. The lowest BCUT2D eigenvalue weighted by molar-refractivity contribution is -0.384. The van der Waals surface area contributed by atoms with Crippen LogP contribution in [0.4, 0.5) is 20.2 Å². The molecule has 2 aromatic carbocycles. The SMILES string of the molecule is O=[N+]([O-])c1ccc(N/N=C/c2ccccc2OC(F)F)cc1. The lowest BCUT2D eigenvalue weighted by Crippen LogP contribution is -2.04. The number of nitrogens with one attached hydrogen (secondary N) is 1. The van der Waals surface area contributed by atoms with Gasteiger partial charge in [0, 0.05) is 17.7 Å². The van der Waals surface area contributed by atoms with Crippen LogP contribution in [0.2, 0.25) is 0 Å². The van der Waals surface area contributed by atoms with Gasteiger partial charge in [0.2, 0.25) is 0 Å². The van der Waals surface area contributed by atoms with Gasteiger partial charge in [0.15, 0.2) is 0 Å². The summed E-state index contributed by atoms with van der Waals surface area (Å²) in [6.07, 6.45) is 1.32. The Morgan fingerprint density at radius 3 is 2.50 bits per heavy atom. The molecule has 0 fully saturated rings. The predicted octanol–water partition coefficient (Wildman–Crippen LogP) is 3.64. The van der Waals surface area contributed by atoms with E-state index in [0.717, 1.165) is 0 Å². The number of ether oxygens (including phenoxy) is 1. The van der Waals surface area contributed by atoms with E-state index in [1.807, 2.05) is 0 Å². The van der Waals surface area contributed by atoms with Gasteiger partial charge in [0.25, 0.3) is 5.69 Å². The Labute approximate surface area is 124 Å². The minimum absolute atomic E-state index is 0.00625. The van der Waals surface area contributed by atoms with E-state index in [0.29, 0.717) is 11.3 Å². The maximum Gasteiger partial charge on any atom is 0.387 e. The molecule has 2 aromatic rings. The van der Waals surface area contributed by atoms with Crippen LogP contribution in [0.5, 0.6) is 5.75 Å². The summed E-state index contributed by atoms with van der Waals surface area (Å²) in [5, 5.41) is 14.4. The predicted molar refractivity (Wildman–Crippen MR) is 77.4 cm³/mol. The molecule has 8 heteroatoms. The molecule has 0 saturated carbocycles. The molecule has 0 spiro atoms. The fourth-order valence-electron chi connectivity index (χ4n) is 1.62. The molecule has 0 bridgehead atoms. The third kappa shape index (κ3) is 4.23. The number of non-ortho nitro benzene ring substituents is 1. The number of alkyl halides is 2. The molecule has 0 amide bonds. The zero-order valence-corrected chi connectivity index (χ0v) is 11.1. The highest BCUT2D eigenvalue weighted by Gasteiger charge is 2.07. The summed E-state index contributed by atoms with van der Waals surface area (Å²) in [6, 6.07) is 11.8. The molecule has 0 saturated heterocycles.